The van der Waals surface area contributed by atoms with Gasteiger partial charge in [0.25, 0.3) is 0 Å². The number of hydrogen-bond donors (Lipinski definition) is 3. The van der Waals surface area contributed by atoms with Gasteiger partial charge in [-0.05, 0) is 32.3 Å². The van der Waals surface area contributed by atoms with Gasteiger partial charge in [0.15, 0.2) is 5.96 Å². The summed E-state index contributed by atoms with van der Waals surface area (Å²) < 4.78 is 5.35. The van der Waals surface area contributed by atoms with Gasteiger partial charge in [0.1, 0.15) is 12.4 Å². The second-order valence-electron chi connectivity index (χ2n) is 5.64. The van der Waals surface area contributed by atoms with Crippen molar-refractivity contribution in [2.24, 2.45) is 4.99 Å². The number of guanidine groups is 1. The Hall–Kier alpha value is -1.61. The van der Waals surface area contributed by atoms with Gasteiger partial charge < -0.3 is 20.4 Å². The monoisotopic (exact) mass is 471 g/mol. The highest BCUT2D eigenvalue weighted by Gasteiger charge is 2.03. The minimum Gasteiger partial charge on any atom is -0.382 e. The third-order valence-electron chi connectivity index (χ3n) is 3.66. The molecular weight excluding hydrogens is 441 g/mol. The van der Waals surface area contributed by atoms with Crippen LogP contribution in [0.2, 0.25) is 0 Å². The number of H-pyrrole nitrogens is 1. The van der Waals surface area contributed by atoms with Crippen LogP contribution in [-0.4, -0.2) is 42.2 Å². The third-order valence-corrected chi connectivity index (χ3v) is 3.66. The van der Waals surface area contributed by atoms with Gasteiger partial charge in [-0.3, -0.25) is 0 Å². The highest BCUT2D eigenvalue weighted by atomic mass is 127. The number of ether oxygens (including phenoxy) is 1. The summed E-state index contributed by atoms with van der Waals surface area (Å²) in [7, 11) is 0. The van der Waals surface area contributed by atoms with Crippen LogP contribution in [0, 0.1) is 0 Å². The summed E-state index contributed by atoms with van der Waals surface area (Å²) in [4.78, 5) is 12.3. The molecule has 0 atom stereocenters. The van der Waals surface area contributed by atoms with Crippen LogP contribution < -0.4 is 10.6 Å². The molecule has 1 aromatic carbocycles. The number of aromatic amines is 1. The van der Waals surface area contributed by atoms with Gasteiger partial charge in [0.05, 0.1) is 11.9 Å². The Labute approximate surface area is 173 Å². The van der Waals surface area contributed by atoms with E-state index in [1.54, 1.807) is 0 Å². The van der Waals surface area contributed by atoms with Gasteiger partial charge in [-0.25, -0.2) is 9.98 Å². The molecule has 1 heterocycles. The molecule has 0 fully saturated rings. The van der Waals surface area contributed by atoms with Gasteiger partial charge in [-0.15, -0.1) is 24.0 Å². The van der Waals surface area contributed by atoms with Crippen molar-refractivity contribution in [2.75, 3.05) is 26.3 Å². The molecule has 26 heavy (non-hydrogen) atoms. The largest absolute Gasteiger partial charge is 0.382 e. The van der Waals surface area contributed by atoms with Crippen molar-refractivity contribution in [3.8, 4) is 11.3 Å². The highest BCUT2D eigenvalue weighted by Crippen LogP contribution is 2.16. The van der Waals surface area contributed by atoms with Crippen molar-refractivity contribution >= 4 is 29.9 Å². The Morgan fingerprint density at radius 2 is 1.96 bits per heavy atom. The van der Waals surface area contributed by atoms with Crippen molar-refractivity contribution in [2.45, 2.75) is 33.2 Å². The molecule has 0 aliphatic heterocycles. The lowest BCUT2D eigenvalue weighted by atomic mass is 10.2. The summed E-state index contributed by atoms with van der Waals surface area (Å²) >= 11 is 0. The van der Waals surface area contributed by atoms with E-state index in [9.17, 15) is 0 Å². The molecule has 0 saturated carbocycles. The minimum absolute atomic E-state index is 0. The minimum atomic E-state index is 0. The molecule has 0 saturated heterocycles. The number of imidazole rings is 1. The Morgan fingerprint density at radius 3 is 2.69 bits per heavy atom. The summed E-state index contributed by atoms with van der Waals surface area (Å²) in [5.41, 5.74) is 2.14. The van der Waals surface area contributed by atoms with E-state index in [-0.39, 0.29) is 24.0 Å². The number of nitrogens with one attached hydrogen (secondary N) is 3. The van der Waals surface area contributed by atoms with Crippen LogP contribution >= 0.6 is 24.0 Å². The number of aliphatic imine (C=N–C) groups is 1. The fourth-order valence-electron chi connectivity index (χ4n) is 2.38. The van der Waals surface area contributed by atoms with Crippen molar-refractivity contribution in [1.29, 1.82) is 0 Å². The highest BCUT2D eigenvalue weighted by molar-refractivity contribution is 14.0. The molecular formula is C19H30IN5O. The number of unbranched alkanes of at least 4 members (excludes halogenated alkanes) is 1. The van der Waals surface area contributed by atoms with Crippen molar-refractivity contribution in [3.05, 3.63) is 42.4 Å². The molecule has 1 aromatic heterocycles. The van der Waals surface area contributed by atoms with Gasteiger partial charge >= 0.3 is 0 Å². The molecule has 0 aliphatic rings. The third kappa shape index (κ3) is 8.18. The second-order valence-corrected chi connectivity index (χ2v) is 5.64. The molecule has 0 amide bonds. The van der Waals surface area contributed by atoms with Crippen LogP contribution in [0.25, 0.3) is 11.3 Å². The van der Waals surface area contributed by atoms with Gasteiger partial charge in [0.2, 0.25) is 0 Å². The predicted molar refractivity (Wildman–Crippen MR) is 118 cm³/mol. The molecule has 0 radical (unpaired) electrons. The molecule has 2 rings (SSSR count). The fourth-order valence-corrected chi connectivity index (χ4v) is 2.38. The zero-order chi connectivity index (χ0) is 17.7. The number of rotatable bonds is 10. The maximum atomic E-state index is 5.35. The SMILES string of the molecule is CCNC(=NCc1ncc(-c2ccccc2)[nH]1)NCCCCOCC.I. The zero-order valence-corrected chi connectivity index (χ0v) is 18.0. The number of halogens is 1. The van der Waals surface area contributed by atoms with Crippen LogP contribution in [0.5, 0.6) is 0 Å². The number of benzene rings is 1. The van der Waals surface area contributed by atoms with E-state index in [1.807, 2.05) is 31.3 Å². The Bertz CT molecular complexity index is 630. The van der Waals surface area contributed by atoms with E-state index in [0.717, 1.165) is 62.2 Å². The van der Waals surface area contributed by atoms with E-state index in [1.165, 1.54) is 0 Å². The van der Waals surface area contributed by atoms with Crippen molar-refractivity contribution in [3.63, 3.8) is 0 Å². The molecule has 6 nitrogen and oxygen atoms in total. The standard InChI is InChI=1S/C19H29N5O.HI/c1-3-20-19(21-12-8-9-13-25-4-2)23-15-18-22-14-17(24-18)16-10-6-5-7-11-16;/h5-7,10-11,14H,3-4,8-9,12-13,15H2,1-2H3,(H,22,24)(H2,20,21,23);1H. The van der Waals surface area contributed by atoms with Crippen LogP contribution in [0.4, 0.5) is 0 Å². The normalized spacial score (nSPS) is 11.1. The van der Waals surface area contributed by atoms with E-state index < -0.39 is 0 Å². The topological polar surface area (TPSA) is 74.3 Å². The number of nitrogens with zero attached hydrogens (tertiary/aromatic N) is 2. The number of aromatic nitrogens is 2. The first-order valence-electron chi connectivity index (χ1n) is 9.02. The average Bonchev–Trinajstić information content (AvgIpc) is 3.12. The summed E-state index contributed by atoms with van der Waals surface area (Å²) in [6.07, 6.45) is 3.97. The van der Waals surface area contributed by atoms with E-state index in [2.05, 4.69) is 44.7 Å². The maximum absolute atomic E-state index is 5.35. The van der Waals surface area contributed by atoms with Crippen LogP contribution in [0.1, 0.15) is 32.5 Å². The van der Waals surface area contributed by atoms with Gasteiger partial charge in [-0.1, -0.05) is 30.3 Å². The Kier molecular flexibility index (Phi) is 11.7. The summed E-state index contributed by atoms with van der Waals surface area (Å²) in [5.74, 6) is 1.67. The maximum Gasteiger partial charge on any atom is 0.191 e. The summed E-state index contributed by atoms with van der Waals surface area (Å²) in [6.45, 7) is 7.91. The lowest BCUT2D eigenvalue weighted by Crippen LogP contribution is -2.37. The molecule has 7 heteroatoms. The second kappa shape index (κ2) is 13.6. The first kappa shape index (κ1) is 22.4. The number of hydrogen-bond acceptors (Lipinski definition) is 3. The molecule has 0 bridgehead atoms. The van der Waals surface area contributed by atoms with Crippen molar-refractivity contribution < 1.29 is 4.74 Å². The van der Waals surface area contributed by atoms with Gasteiger partial charge in [0, 0.05) is 26.3 Å². The molecule has 0 aliphatic carbocycles. The van der Waals surface area contributed by atoms with E-state index in [4.69, 9.17) is 4.74 Å². The summed E-state index contributed by atoms with van der Waals surface area (Å²) in [5, 5.41) is 6.61. The quantitative estimate of drug-likeness (QED) is 0.215. The zero-order valence-electron chi connectivity index (χ0n) is 15.6. The van der Waals surface area contributed by atoms with E-state index in [0.29, 0.717) is 6.54 Å². The van der Waals surface area contributed by atoms with Crippen LogP contribution in [-0.2, 0) is 11.3 Å². The van der Waals surface area contributed by atoms with Crippen molar-refractivity contribution in [1.82, 2.24) is 20.6 Å². The van der Waals surface area contributed by atoms with Gasteiger partial charge in [-0.2, -0.15) is 0 Å². The molecule has 3 N–H and O–H groups in total. The van der Waals surface area contributed by atoms with Crippen LogP contribution in [0.3, 0.4) is 0 Å². The molecule has 144 valence electrons. The fraction of sp³-hybridized carbons (Fsp3) is 0.474. The average molecular weight is 471 g/mol. The molecule has 0 spiro atoms. The lowest BCUT2D eigenvalue weighted by Gasteiger charge is -2.10. The first-order chi connectivity index (χ1) is 12.3. The summed E-state index contributed by atoms with van der Waals surface area (Å²) in [6, 6.07) is 10.2. The molecule has 0 unspecified atom stereocenters. The molecule has 2 aromatic rings. The van der Waals surface area contributed by atoms with Crippen LogP contribution in [0.15, 0.2) is 41.5 Å². The first-order valence-corrected chi connectivity index (χ1v) is 9.02. The Balaban J connectivity index is 0.00000338. The Morgan fingerprint density at radius 1 is 1.15 bits per heavy atom. The lowest BCUT2D eigenvalue weighted by molar-refractivity contribution is 0.143. The van der Waals surface area contributed by atoms with E-state index >= 15 is 0 Å². The smallest absolute Gasteiger partial charge is 0.191 e. The predicted octanol–water partition coefficient (Wildman–Crippen LogP) is 3.57.